The Hall–Kier alpha value is -2.75. The van der Waals surface area contributed by atoms with E-state index in [1.165, 1.54) is 17.5 Å². The summed E-state index contributed by atoms with van der Waals surface area (Å²) in [6, 6.07) is 4.62. The molecule has 0 N–H and O–H groups in total. The van der Waals surface area contributed by atoms with Crippen molar-refractivity contribution in [3.05, 3.63) is 53.1 Å². The van der Waals surface area contributed by atoms with E-state index >= 15 is 0 Å². The molecule has 3 aromatic heterocycles. The Morgan fingerprint density at radius 3 is 2.74 bits per heavy atom. The number of piperidine rings is 1. The maximum Gasteiger partial charge on any atom is 0.433 e. The zero-order valence-corrected chi connectivity index (χ0v) is 18.0. The largest absolute Gasteiger partial charge is 0.433 e. The Morgan fingerprint density at radius 2 is 2.10 bits per heavy atom. The molecule has 0 bridgehead atoms. The second-order valence-electron chi connectivity index (χ2n) is 7.86. The molecule has 0 radical (unpaired) electrons. The first-order chi connectivity index (χ1) is 14.7. The summed E-state index contributed by atoms with van der Waals surface area (Å²) in [5.41, 5.74) is -0.227. The van der Waals surface area contributed by atoms with Gasteiger partial charge in [0.2, 0.25) is 0 Å². The van der Waals surface area contributed by atoms with Crippen LogP contribution >= 0.6 is 11.3 Å². The van der Waals surface area contributed by atoms with Crippen molar-refractivity contribution in [2.45, 2.75) is 44.8 Å². The van der Waals surface area contributed by atoms with E-state index in [1.807, 2.05) is 13.8 Å². The summed E-state index contributed by atoms with van der Waals surface area (Å²) in [5.74, 6) is -0.408. The van der Waals surface area contributed by atoms with E-state index in [1.54, 1.807) is 33.3 Å². The van der Waals surface area contributed by atoms with Gasteiger partial charge < -0.3 is 4.90 Å². The van der Waals surface area contributed by atoms with Gasteiger partial charge in [-0.15, -0.1) is 11.3 Å². The minimum absolute atomic E-state index is 0.129. The molecule has 0 saturated carbocycles. The number of nitrogens with zero attached hydrogens (tertiary/aromatic N) is 5. The van der Waals surface area contributed by atoms with Crippen LogP contribution in [-0.4, -0.2) is 43.6 Å². The van der Waals surface area contributed by atoms with E-state index in [9.17, 15) is 18.0 Å². The Labute approximate surface area is 181 Å². The monoisotopic (exact) mass is 449 g/mol. The molecular weight excluding hydrogens is 427 g/mol. The van der Waals surface area contributed by atoms with Crippen LogP contribution in [0.3, 0.4) is 0 Å². The first-order valence-corrected chi connectivity index (χ1v) is 10.9. The predicted molar refractivity (Wildman–Crippen MR) is 111 cm³/mol. The molecule has 1 fully saturated rings. The van der Waals surface area contributed by atoms with Gasteiger partial charge in [0.1, 0.15) is 11.5 Å². The summed E-state index contributed by atoms with van der Waals surface area (Å²) in [5, 5.41) is 6.00. The number of amides is 1. The van der Waals surface area contributed by atoms with Crippen LogP contribution in [0.2, 0.25) is 0 Å². The standard InChI is InChI=1S/C21H22F3N5OS/c1-13(2)29-12-15(10-25-29)20(30)28-7-3-5-14(11-28)19-26-16(17-6-4-8-31-17)9-18(27-19)21(22,23)24/h4,6,8-10,12-14H,3,5,7,11H2,1-2H3/t14-/m0/s1. The average molecular weight is 450 g/mol. The Bertz CT molecular complexity index is 1060. The molecule has 0 aliphatic carbocycles. The lowest BCUT2D eigenvalue weighted by atomic mass is 9.96. The third-order valence-corrected chi connectivity index (χ3v) is 6.15. The Balaban J connectivity index is 1.61. The lowest BCUT2D eigenvalue weighted by molar-refractivity contribution is -0.141. The summed E-state index contributed by atoms with van der Waals surface area (Å²) >= 11 is 1.33. The highest BCUT2D eigenvalue weighted by Gasteiger charge is 2.36. The number of hydrogen-bond acceptors (Lipinski definition) is 5. The predicted octanol–water partition coefficient (Wildman–Crippen LogP) is 5.02. The highest BCUT2D eigenvalue weighted by molar-refractivity contribution is 7.13. The highest BCUT2D eigenvalue weighted by atomic mass is 32.1. The summed E-state index contributed by atoms with van der Waals surface area (Å²) in [7, 11) is 0. The van der Waals surface area contributed by atoms with Crippen molar-refractivity contribution < 1.29 is 18.0 Å². The van der Waals surface area contributed by atoms with Gasteiger partial charge in [-0.1, -0.05) is 6.07 Å². The number of halogens is 3. The molecule has 3 aromatic rings. The van der Waals surface area contributed by atoms with Crippen LogP contribution in [0, 0.1) is 0 Å². The normalized spacial score (nSPS) is 17.4. The summed E-state index contributed by atoms with van der Waals surface area (Å²) < 4.78 is 42.2. The van der Waals surface area contributed by atoms with Crippen LogP contribution in [-0.2, 0) is 6.18 Å². The van der Waals surface area contributed by atoms with E-state index in [-0.39, 0.29) is 35.9 Å². The fourth-order valence-electron chi connectivity index (χ4n) is 3.63. The van der Waals surface area contributed by atoms with Crippen molar-refractivity contribution in [2.75, 3.05) is 13.1 Å². The van der Waals surface area contributed by atoms with E-state index in [0.717, 1.165) is 6.07 Å². The molecule has 164 valence electrons. The summed E-state index contributed by atoms with van der Waals surface area (Å²) in [6.45, 7) is 4.75. The third-order valence-electron chi connectivity index (χ3n) is 5.26. The lowest BCUT2D eigenvalue weighted by Gasteiger charge is -2.32. The van der Waals surface area contributed by atoms with E-state index in [0.29, 0.717) is 29.8 Å². The van der Waals surface area contributed by atoms with E-state index < -0.39 is 11.9 Å². The fourth-order valence-corrected chi connectivity index (χ4v) is 4.32. The Kier molecular flexibility index (Phi) is 5.83. The van der Waals surface area contributed by atoms with Gasteiger partial charge >= 0.3 is 6.18 Å². The molecule has 1 aliphatic heterocycles. The van der Waals surface area contributed by atoms with Crippen LogP contribution in [0.5, 0.6) is 0 Å². The molecule has 0 spiro atoms. The van der Waals surface area contributed by atoms with Gasteiger partial charge in [-0.2, -0.15) is 18.3 Å². The number of hydrogen-bond donors (Lipinski definition) is 0. The molecule has 6 nitrogen and oxygen atoms in total. The molecule has 4 rings (SSSR count). The second kappa shape index (κ2) is 8.41. The Morgan fingerprint density at radius 1 is 1.29 bits per heavy atom. The average Bonchev–Trinajstić information content (AvgIpc) is 3.45. The lowest BCUT2D eigenvalue weighted by Crippen LogP contribution is -2.39. The molecule has 1 amide bonds. The van der Waals surface area contributed by atoms with E-state index in [2.05, 4.69) is 15.1 Å². The van der Waals surface area contributed by atoms with Gasteiger partial charge in [-0.3, -0.25) is 9.48 Å². The first kappa shape index (κ1) is 21.5. The third kappa shape index (κ3) is 4.63. The quantitative estimate of drug-likeness (QED) is 0.561. The smallest absolute Gasteiger partial charge is 0.338 e. The minimum atomic E-state index is -4.57. The number of carbonyl (C=O) groups is 1. The van der Waals surface area contributed by atoms with Crippen molar-refractivity contribution in [1.29, 1.82) is 0 Å². The molecule has 4 heterocycles. The van der Waals surface area contributed by atoms with Crippen LogP contribution < -0.4 is 0 Å². The molecule has 10 heteroatoms. The van der Waals surface area contributed by atoms with Crippen LogP contribution in [0.1, 0.15) is 60.5 Å². The number of thiophene rings is 1. The molecule has 1 saturated heterocycles. The first-order valence-electron chi connectivity index (χ1n) is 10.1. The van der Waals surface area contributed by atoms with Gasteiger partial charge in [-0.25, -0.2) is 9.97 Å². The number of rotatable bonds is 4. The number of likely N-dealkylation sites (tertiary alicyclic amines) is 1. The zero-order chi connectivity index (χ0) is 22.2. The molecular formula is C21H22F3N5OS. The van der Waals surface area contributed by atoms with E-state index in [4.69, 9.17) is 0 Å². The molecule has 0 unspecified atom stereocenters. The zero-order valence-electron chi connectivity index (χ0n) is 17.1. The number of carbonyl (C=O) groups excluding carboxylic acids is 1. The summed E-state index contributed by atoms with van der Waals surface area (Å²) in [6.07, 6.45) is -0.0455. The van der Waals surface area contributed by atoms with Crippen LogP contribution in [0.4, 0.5) is 13.2 Å². The number of alkyl halides is 3. The van der Waals surface area contributed by atoms with Crippen molar-refractivity contribution >= 4 is 17.2 Å². The van der Waals surface area contributed by atoms with Crippen molar-refractivity contribution in [3.63, 3.8) is 0 Å². The van der Waals surface area contributed by atoms with Crippen molar-refractivity contribution in [1.82, 2.24) is 24.6 Å². The van der Waals surface area contributed by atoms with Crippen LogP contribution in [0.15, 0.2) is 36.0 Å². The topological polar surface area (TPSA) is 63.9 Å². The maximum atomic E-state index is 13.5. The summed E-state index contributed by atoms with van der Waals surface area (Å²) in [4.78, 5) is 23.6. The van der Waals surface area contributed by atoms with Crippen LogP contribution in [0.25, 0.3) is 10.6 Å². The fraction of sp³-hybridized carbons (Fsp3) is 0.429. The van der Waals surface area contributed by atoms with Gasteiger partial charge in [0.05, 0.1) is 22.3 Å². The molecule has 1 aliphatic rings. The van der Waals surface area contributed by atoms with Crippen molar-refractivity contribution in [3.8, 4) is 10.6 Å². The molecule has 31 heavy (non-hydrogen) atoms. The minimum Gasteiger partial charge on any atom is -0.338 e. The molecule has 1 atom stereocenters. The van der Waals surface area contributed by atoms with Crippen molar-refractivity contribution in [2.24, 2.45) is 0 Å². The second-order valence-corrected chi connectivity index (χ2v) is 8.81. The SMILES string of the molecule is CC(C)n1cc(C(=O)N2CCC[C@H](c3nc(-c4cccs4)cc(C(F)(F)F)n3)C2)cn1. The highest BCUT2D eigenvalue weighted by Crippen LogP contribution is 2.34. The number of aromatic nitrogens is 4. The van der Waals surface area contributed by atoms with Gasteiger partial charge in [-0.05, 0) is 44.2 Å². The van der Waals surface area contributed by atoms with Gasteiger partial charge in [0.15, 0.2) is 0 Å². The molecule has 0 aromatic carbocycles. The maximum absolute atomic E-state index is 13.5. The van der Waals surface area contributed by atoms with Gasteiger partial charge in [0, 0.05) is 31.2 Å². The van der Waals surface area contributed by atoms with Gasteiger partial charge in [0.25, 0.3) is 5.91 Å².